The number of piperazine rings is 1. The number of carbonyl (C=O) groups is 1. The summed E-state index contributed by atoms with van der Waals surface area (Å²) in [7, 11) is 0. The average Bonchev–Trinajstić information content (AvgIpc) is 2.95. The van der Waals surface area contributed by atoms with Crippen LogP contribution in [-0.4, -0.2) is 42.0 Å². The number of carbonyl (C=O) groups excluding carboxylic acids is 1. The van der Waals surface area contributed by atoms with E-state index in [0.717, 1.165) is 35.5 Å². The Kier molecular flexibility index (Phi) is 7.41. The SMILES string of the molecule is N[C@@H](c1ccccc1)[C@@H](c1ccccc1)N1CCN(C(=O)Nc2ccc(-c3ccccc3)cc2)CC1. The summed E-state index contributed by atoms with van der Waals surface area (Å²) in [5, 5.41) is 3.06. The van der Waals surface area contributed by atoms with Crippen molar-refractivity contribution >= 4 is 11.7 Å². The number of nitrogens with two attached hydrogens (primary N) is 1. The third-order valence-electron chi connectivity index (χ3n) is 6.90. The molecule has 0 aliphatic carbocycles. The summed E-state index contributed by atoms with van der Waals surface area (Å²) in [6.45, 7) is 2.83. The van der Waals surface area contributed by atoms with Crippen molar-refractivity contribution < 1.29 is 4.79 Å². The zero-order valence-corrected chi connectivity index (χ0v) is 20.3. The van der Waals surface area contributed by atoms with E-state index in [-0.39, 0.29) is 18.1 Å². The standard InChI is InChI=1S/C31H32N4O/c32-29(26-12-6-2-7-13-26)30(27-14-8-3-9-15-27)34-20-22-35(23-21-34)31(36)33-28-18-16-25(17-19-28)24-10-4-1-5-11-24/h1-19,29-30H,20-23,32H2,(H,33,36)/t29-,30+/m0/s1. The summed E-state index contributed by atoms with van der Waals surface area (Å²) in [6.07, 6.45) is 0. The molecule has 0 saturated carbocycles. The van der Waals surface area contributed by atoms with Crippen molar-refractivity contribution in [2.75, 3.05) is 31.5 Å². The lowest BCUT2D eigenvalue weighted by Crippen LogP contribution is -2.52. The summed E-state index contributed by atoms with van der Waals surface area (Å²) < 4.78 is 0. The van der Waals surface area contributed by atoms with Crippen molar-refractivity contribution in [3.8, 4) is 11.1 Å². The molecule has 1 aliphatic rings. The molecular weight excluding hydrogens is 444 g/mol. The van der Waals surface area contributed by atoms with Crippen molar-refractivity contribution in [3.05, 3.63) is 126 Å². The monoisotopic (exact) mass is 476 g/mol. The molecule has 1 saturated heterocycles. The van der Waals surface area contributed by atoms with Crippen molar-refractivity contribution in [1.29, 1.82) is 0 Å². The van der Waals surface area contributed by atoms with Crippen LogP contribution in [0.25, 0.3) is 11.1 Å². The van der Waals surface area contributed by atoms with Gasteiger partial charge in [0.15, 0.2) is 0 Å². The maximum atomic E-state index is 13.0. The van der Waals surface area contributed by atoms with E-state index in [1.165, 1.54) is 5.56 Å². The molecule has 0 bridgehead atoms. The molecule has 2 atom stereocenters. The van der Waals surface area contributed by atoms with Gasteiger partial charge in [0.2, 0.25) is 0 Å². The van der Waals surface area contributed by atoms with Crippen molar-refractivity contribution in [2.45, 2.75) is 12.1 Å². The van der Waals surface area contributed by atoms with E-state index in [1.54, 1.807) is 0 Å². The highest BCUT2D eigenvalue weighted by Crippen LogP contribution is 2.33. The zero-order chi connectivity index (χ0) is 24.7. The van der Waals surface area contributed by atoms with Gasteiger partial charge in [-0.15, -0.1) is 0 Å². The van der Waals surface area contributed by atoms with Crippen LogP contribution in [-0.2, 0) is 0 Å². The summed E-state index contributed by atoms with van der Waals surface area (Å²) >= 11 is 0. The van der Waals surface area contributed by atoms with Crippen LogP contribution in [0.5, 0.6) is 0 Å². The molecule has 0 radical (unpaired) electrons. The number of urea groups is 1. The van der Waals surface area contributed by atoms with Gasteiger partial charge in [-0.25, -0.2) is 4.79 Å². The van der Waals surface area contributed by atoms with Crippen molar-refractivity contribution in [3.63, 3.8) is 0 Å². The van der Waals surface area contributed by atoms with Crippen LogP contribution < -0.4 is 11.1 Å². The molecule has 1 fully saturated rings. The van der Waals surface area contributed by atoms with Gasteiger partial charge in [-0.05, 0) is 34.4 Å². The number of nitrogens with zero attached hydrogens (tertiary/aromatic N) is 2. The molecule has 36 heavy (non-hydrogen) atoms. The Labute approximate surface area is 213 Å². The van der Waals surface area contributed by atoms with Gasteiger partial charge in [0, 0.05) is 37.9 Å². The van der Waals surface area contributed by atoms with E-state index in [2.05, 4.69) is 58.7 Å². The van der Waals surface area contributed by atoms with Gasteiger partial charge < -0.3 is 16.0 Å². The average molecular weight is 477 g/mol. The number of benzene rings is 4. The minimum atomic E-state index is -0.155. The normalized spacial score (nSPS) is 15.8. The van der Waals surface area contributed by atoms with Gasteiger partial charge >= 0.3 is 6.03 Å². The Morgan fingerprint density at radius 3 is 1.72 bits per heavy atom. The molecule has 1 aliphatic heterocycles. The summed E-state index contributed by atoms with van der Waals surface area (Å²) in [6, 6.07) is 38.8. The highest BCUT2D eigenvalue weighted by molar-refractivity contribution is 5.89. The third-order valence-corrected chi connectivity index (χ3v) is 6.90. The summed E-state index contributed by atoms with van der Waals surface area (Å²) in [5.74, 6) is 0. The minimum Gasteiger partial charge on any atom is -0.322 e. The molecule has 4 aromatic carbocycles. The number of anilines is 1. The largest absolute Gasteiger partial charge is 0.322 e. The Morgan fingerprint density at radius 1 is 0.639 bits per heavy atom. The first-order valence-corrected chi connectivity index (χ1v) is 12.5. The molecule has 0 unspecified atom stereocenters. The Balaban J connectivity index is 1.23. The van der Waals surface area contributed by atoms with Crippen LogP contribution in [0.1, 0.15) is 23.2 Å². The number of rotatable bonds is 6. The van der Waals surface area contributed by atoms with Crippen molar-refractivity contribution in [1.82, 2.24) is 9.80 Å². The van der Waals surface area contributed by atoms with E-state index >= 15 is 0 Å². The Hall–Kier alpha value is -3.93. The van der Waals surface area contributed by atoms with Crippen LogP contribution in [0, 0.1) is 0 Å². The molecule has 3 N–H and O–H groups in total. The fourth-order valence-corrected chi connectivity index (χ4v) is 4.94. The zero-order valence-electron chi connectivity index (χ0n) is 20.3. The minimum absolute atomic E-state index is 0.0457. The Bertz CT molecular complexity index is 1240. The number of hydrogen-bond acceptors (Lipinski definition) is 3. The van der Waals surface area contributed by atoms with Gasteiger partial charge in [0.05, 0.1) is 6.04 Å². The predicted molar refractivity (Wildman–Crippen MR) is 147 cm³/mol. The van der Waals surface area contributed by atoms with E-state index in [4.69, 9.17) is 5.73 Å². The molecule has 5 rings (SSSR count). The molecule has 0 spiro atoms. The Morgan fingerprint density at radius 2 is 1.14 bits per heavy atom. The first-order valence-electron chi connectivity index (χ1n) is 12.5. The highest BCUT2D eigenvalue weighted by Gasteiger charge is 2.31. The number of amides is 2. The number of nitrogens with one attached hydrogen (secondary N) is 1. The molecule has 1 heterocycles. The molecule has 4 aromatic rings. The van der Waals surface area contributed by atoms with Crippen LogP contribution in [0.2, 0.25) is 0 Å². The summed E-state index contributed by atoms with van der Waals surface area (Å²) in [4.78, 5) is 17.3. The highest BCUT2D eigenvalue weighted by atomic mass is 16.2. The van der Waals surface area contributed by atoms with Crippen LogP contribution >= 0.6 is 0 Å². The maximum Gasteiger partial charge on any atom is 0.321 e. The molecule has 0 aromatic heterocycles. The molecule has 5 heteroatoms. The van der Waals surface area contributed by atoms with Crippen LogP contribution in [0.4, 0.5) is 10.5 Å². The lowest BCUT2D eigenvalue weighted by atomic mass is 9.92. The van der Waals surface area contributed by atoms with E-state index < -0.39 is 0 Å². The quantitative estimate of drug-likeness (QED) is 0.362. The first kappa shape index (κ1) is 23.8. The first-order chi connectivity index (χ1) is 17.7. The topological polar surface area (TPSA) is 61.6 Å². The maximum absolute atomic E-state index is 13.0. The molecule has 182 valence electrons. The van der Waals surface area contributed by atoms with E-state index in [9.17, 15) is 4.79 Å². The lowest BCUT2D eigenvalue weighted by Gasteiger charge is -2.41. The van der Waals surface area contributed by atoms with E-state index in [0.29, 0.717) is 13.1 Å². The fourth-order valence-electron chi connectivity index (χ4n) is 4.94. The third kappa shape index (κ3) is 5.48. The molecule has 2 amide bonds. The second-order valence-electron chi connectivity index (χ2n) is 9.19. The summed E-state index contributed by atoms with van der Waals surface area (Å²) in [5.41, 5.74) is 12.2. The number of hydrogen-bond donors (Lipinski definition) is 2. The van der Waals surface area contributed by atoms with Gasteiger partial charge in [-0.3, -0.25) is 4.90 Å². The van der Waals surface area contributed by atoms with Gasteiger partial charge in [-0.2, -0.15) is 0 Å². The van der Waals surface area contributed by atoms with Crippen LogP contribution in [0.15, 0.2) is 115 Å². The van der Waals surface area contributed by atoms with Gasteiger partial charge in [0.25, 0.3) is 0 Å². The van der Waals surface area contributed by atoms with E-state index in [1.807, 2.05) is 71.6 Å². The second-order valence-corrected chi connectivity index (χ2v) is 9.19. The second kappa shape index (κ2) is 11.2. The van der Waals surface area contributed by atoms with Crippen LogP contribution in [0.3, 0.4) is 0 Å². The predicted octanol–water partition coefficient (Wildman–Crippen LogP) is 5.94. The lowest BCUT2D eigenvalue weighted by molar-refractivity contribution is 0.100. The fraction of sp³-hybridized carbons (Fsp3) is 0.194. The van der Waals surface area contributed by atoms with Gasteiger partial charge in [0.1, 0.15) is 0 Å². The van der Waals surface area contributed by atoms with Crippen molar-refractivity contribution in [2.24, 2.45) is 5.73 Å². The smallest absolute Gasteiger partial charge is 0.321 e. The van der Waals surface area contributed by atoms with Gasteiger partial charge in [-0.1, -0.05) is 103 Å². The molecular formula is C31H32N4O. The molecule has 5 nitrogen and oxygen atoms in total.